The zero-order valence-corrected chi connectivity index (χ0v) is 23.2. The molecular weight excluding hydrogens is 502 g/mol. The van der Waals surface area contributed by atoms with Crippen LogP contribution in [0.4, 0.5) is 0 Å². The van der Waals surface area contributed by atoms with Crippen molar-refractivity contribution in [2.24, 2.45) is 0 Å². The third kappa shape index (κ3) is 6.40. The number of nitrogens with one attached hydrogen (secondary N) is 2. The van der Waals surface area contributed by atoms with Crippen LogP contribution in [-0.2, 0) is 11.3 Å². The number of carbonyl (C=O) groups is 2. The first-order valence-corrected chi connectivity index (χ1v) is 13.7. The van der Waals surface area contributed by atoms with Crippen molar-refractivity contribution in [1.29, 1.82) is 0 Å². The maximum Gasteiger partial charge on any atom is 0.258 e. The Labute approximate surface area is 234 Å². The quantitative estimate of drug-likeness (QED) is 0.277. The molecule has 0 atom stereocenters. The molecule has 0 bridgehead atoms. The van der Waals surface area contributed by atoms with Gasteiger partial charge in [0.2, 0.25) is 0 Å². The van der Waals surface area contributed by atoms with Gasteiger partial charge in [-0.3, -0.25) is 14.3 Å². The van der Waals surface area contributed by atoms with Crippen LogP contribution in [0.25, 0.3) is 16.5 Å². The average Bonchev–Trinajstić information content (AvgIpc) is 3.60. The van der Waals surface area contributed by atoms with Crippen molar-refractivity contribution in [3.8, 4) is 5.75 Å². The van der Waals surface area contributed by atoms with Gasteiger partial charge in [0.05, 0.1) is 24.0 Å². The molecular formula is C32H35N5O3. The van der Waals surface area contributed by atoms with Gasteiger partial charge in [-0.2, -0.15) is 5.10 Å². The van der Waals surface area contributed by atoms with Crippen LogP contribution in [0.2, 0.25) is 0 Å². The van der Waals surface area contributed by atoms with Gasteiger partial charge in [0.25, 0.3) is 5.91 Å². The van der Waals surface area contributed by atoms with Gasteiger partial charge < -0.3 is 19.9 Å². The van der Waals surface area contributed by atoms with E-state index in [0.29, 0.717) is 35.7 Å². The molecule has 8 heteroatoms. The van der Waals surface area contributed by atoms with Crippen molar-refractivity contribution in [1.82, 2.24) is 25.0 Å². The van der Waals surface area contributed by atoms with E-state index in [4.69, 9.17) is 4.74 Å². The lowest BCUT2D eigenvalue weighted by molar-refractivity contribution is -0.113. The molecule has 0 unspecified atom stereocenters. The summed E-state index contributed by atoms with van der Waals surface area (Å²) in [5.41, 5.74) is 5.52. The van der Waals surface area contributed by atoms with E-state index in [1.807, 2.05) is 31.2 Å². The molecule has 1 amide bonds. The van der Waals surface area contributed by atoms with Gasteiger partial charge in [-0.05, 0) is 55.9 Å². The minimum absolute atomic E-state index is 0.00818. The van der Waals surface area contributed by atoms with Crippen LogP contribution in [-0.4, -0.2) is 57.6 Å². The molecule has 0 saturated carbocycles. The Morgan fingerprint density at radius 3 is 2.70 bits per heavy atom. The number of aryl methyl sites for hydroxylation is 1. The molecule has 2 aromatic heterocycles. The second-order valence-electron chi connectivity index (χ2n) is 10.0. The fraction of sp³-hybridized carbons (Fsp3) is 0.281. The van der Waals surface area contributed by atoms with Gasteiger partial charge in [0.15, 0.2) is 5.78 Å². The fourth-order valence-corrected chi connectivity index (χ4v) is 4.75. The largest absolute Gasteiger partial charge is 0.492 e. The third-order valence-electron chi connectivity index (χ3n) is 7.18. The summed E-state index contributed by atoms with van der Waals surface area (Å²) in [6.45, 7) is 10.4. The summed E-state index contributed by atoms with van der Waals surface area (Å²) in [5, 5.41) is 8.23. The summed E-state index contributed by atoms with van der Waals surface area (Å²) in [6.07, 6.45) is 6.97. The molecule has 0 spiro atoms. The van der Waals surface area contributed by atoms with Gasteiger partial charge in [-0.15, -0.1) is 0 Å². The van der Waals surface area contributed by atoms with E-state index in [-0.39, 0.29) is 18.1 Å². The number of rotatable bonds is 11. The number of carbonyl (C=O) groups excluding carboxylic acids is 2. The summed E-state index contributed by atoms with van der Waals surface area (Å²) in [4.78, 5) is 31.4. The van der Waals surface area contributed by atoms with E-state index in [0.717, 1.165) is 41.9 Å². The number of hydrogen-bond donors (Lipinski definition) is 2. The highest BCUT2D eigenvalue weighted by molar-refractivity contribution is 6.23. The van der Waals surface area contributed by atoms with Gasteiger partial charge >= 0.3 is 0 Å². The van der Waals surface area contributed by atoms with Crippen LogP contribution in [0, 0.1) is 6.92 Å². The average molecular weight is 538 g/mol. The highest BCUT2D eigenvalue weighted by Gasteiger charge is 2.20. The molecule has 40 heavy (non-hydrogen) atoms. The van der Waals surface area contributed by atoms with Crippen LogP contribution in [0.15, 0.2) is 78.8 Å². The van der Waals surface area contributed by atoms with Crippen LogP contribution < -0.4 is 10.1 Å². The second-order valence-corrected chi connectivity index (χ2v) is 10.0. The van der Waals surface area contributed by atoms with Crippen molar-refractivity contribution < 1.29 is 14.3 Å². The highest BCUT2D eigenvalue weighted by Crippen LogP contribution is 2.28. The van der Waals surface area contributed by atoms with Crippen LogP contribution in [0.1, 0.15) is 47.4 Å². The minimum atomic E-state index is -0.269. The Morgan fingerprint density at radius 1 is 1.12 bits per heavy atom. The number of ketones is 1. The Bertz CT molecular complexity index is 1570. The first-order chi connectivity index (χ1) is 19.4. The number of benzene rings is 2. The molecule has 0 radical (unpaired) electrons. The van der Waals surface area contributed by atoms with Gasteiger partial charge in [0, 0.05) is 41.3 Å². The van der Waals surface area contributed by atoms with E-state index < -0.39 is 0 Å². The summed E-state index contributed by atoms with van der Waals surface area (Å²) >= 11 is 0. The molecule has 2 N–H and O–H groups in total. The lowest BCUT2D eigenvalue weighted by Crippen LogP contribution is -2.27. The first-order valence-electron chi connectivity index (χ1n) is 13.7. The van der Waals surface area contributed by atoms with Crippen molar-refractivity contribution in [2.75, 3.05) is 26.2 Å². The number of Topliss-reactive ketones (excluding diaryl/α,β-unsaturated/α-hetero) is 1. The number of aromatic nitrogens is 3. The van der Waals surface area contributed by atoms with E-state index >= 15 is 0 Å². The zero-order valence-electron chi connectivity index (χ0n) is 23.2. The van der Waals surface area contributed by atoms with Gasteiger partial charge in [0.1, 0.15) is 12.4 Å². The van der Waals surface area contributed by atoms with Crippen molar-refractivity contribution in [2.45, 2.75) is 33.7 Å². The molecule has 5 rings (SSSR count). The molecule has 0 fully saturated rings. The molecule has 2 heterocycles. The summed E-state index contributed by atoms with van der Waals surface area (Å²) in [7, 11) is 0. The second kappa shape index (κ2) is 12.2. The predicted molar refractivity (Wildman–Crippen MR) is 157 cm³/mol. The number of ether oxygens (including phenoxy) is 1. The zero-order chi connectivity index (χ0) is 28.1. The molecule has 8 nitrogen and oxygen atoms in total. The Morgan fingerprint density at radius 2 is 1.93 bits per heavy atom. The summed E-state index contributed by atoms with van der Waals surface area (Å²) in [6, 6.07) is 16.1. The van der Waals surface area contributed by atoms with E-state index in [9.17, 15) is 9.59 Å². The van der Waals surface area contributed by atoms with Crippen molar-refractivity contribution in [3.05, 3.63) is 101 Å². The van der Waals surface area contributed by atoms with E-state index in [2.05, 4.69) is 58.4 Å². The Hall–Kier alpha value is -4.43. The molecule has 206 valence electrons. The fourth-order valence-electron chi connectivity index (χ4n) is 4.75. The standard InChI is InChI=1S/C32H35N5O3/c1-4-36(5-2)14-15-40-27-11-12-29-24(16-27)17-30(35-29)28-18-26(10-13-31(28)38)34-32(39)25-19-33-37(21-25)20-23-8-6-22(3)7-9-23/h6-12,16-19,21,35H,4-5,13-15,20H2,1-3H3,(H,34,39). The molecule has 1 aliphatic carbocycles. The monoisotopic (exact) mass is 537 g/mol. The lowest BCUT2D eigenvalue weighted by Gasteiger charge is -2.17. The van der Waals surface area contributed by atoms with E-state index in [1.165, 1.54) is 5.56 Å². The molecule has 2 aromatic carbocycles. The van der Waals surface area contributed by atoms with Crippen LogP contribution in [0.5, 0.6) is 5.75 Å². The number of hydrogen-bond acceptors (Lipinski definition) is 5. The highest BCUT2D eigenvalue weighted by atomic mass is 16.5. The minimum Gasteiger partial charge on any atom is -0.492 e. The predicted octanol–water partition coefficient (Wildman–Crippen LogP) is 5.11. The topological polar surface area (TPSA) is 92.2 Å². The Kier molecular flexibility index (Phi) is 8.26. The number of aromatic amines is 1. The number of allylic oxidation sites excluding steroid dienone is 3. The maximum absolute atomic E-state index is 12.9. The molecule has 1 aliphatic rings. The van der Waals surface area contributed by atoms with E-state index in [1.54, 1.807) is 29.2 Å². The first kappa shape index (κ1) is 27.1. The number of fused-ring (bicyclic) bond motifs is 1. The SMILES string of the molecule is CCN(CC)CCOc1ccc2[nH]c(C3=CC(NC(=O)c4cnn(Cc5ccc(C)cc5)c4)=CCC3=O)cc2c1. The summed E-state index contributed by atoms with van der Waals surface area (Å²) in [5.74, 6) is 0.519. The third-order valence-corrected chi connectivity index (χ3v) is 7.18. The van der Waals surface area contributed by atoms with Crippen LogP contribution >= 0.6 is 0 Å². The molecule has 0 aliphatic heterocycles. The van der Waals surface area contributed by atoms with Crippen molar-refractivity contribution >= 4 is 28.2 Å². The van der Waals surface area contributed by atoms with Gasteiger partial charge in [-0.25, -0.2) is 0 Å². The molecule has 4 aromatic rings. The number of amides is 1. The van der Waals surface area contributed by atoms with Crippen LogP contribution in [0.3, 0.4) is 0 Å². The lowest BCUT2D eigenvalue weighted by atomic mass is 9.98. The number of likely N-dealkylation sites (N-methyl/N-ethyl adjacent to an activating group) is 1. The van der Waals surface area contributed by atoms with Crippen molar-refractivity contribution in [3.63, 3.8) is 0 Å². The normalized spacial score (nSPS) is 13.4. The van der Waals surface area contributed by atoms with Gasteiger partial charge in [-0.1, -0.05) is 49.8 Å². The Balaban J connectivity index is 1.25. The number of nitrogens with zero attached hydrogens (tertiary/aromatic N) is 3. The number of H-pyrrole nitrogens is 1. The molecule has 0 saturated heterocycles. The smallest absolute Gasteiger partial charge is 0.258 e. The summed E-state index contributed by atoms with van der Waals surface area (Å²) < 4.78 is 7.71. The maximum atomic E-state index is 12.9.